The molecule has 0 aliphatic heterocycles. The van der Waals surface area contributed by atoms with Gasteiger partial charge in [0.15, 0.2) is 0 Å². The number of halogens is 3. The zero-order valence-corrected chi connectivity index (χ0v) is 17.1. The van der Waals surface area contributed by atoms with Crippen LogP contribution in [-0.4, -0.2) is 6.36 Å². The smallest absolute Gasteiger partial charge is 0.405 e. The second kappa shape index (κ2) is 10.0. The topological polar surface area (TPSA) is 9.23 Å². The van der Waals surface area contributed by atoms with E-state index in [-0.39, 0.29) is 11.7 Å². The number of alkyl halides is 3. The Morgan fingerprint density at radius 2 is 1.46 bits per heavy atom. The fourth-order valence-electron chi connectivity index (χ4n) is 5.57. The summed E-state index contributed by atoms with van der Waals surface area (Å²) in [5.41, 5.74) is 0.734. The fraction of sp³-hybridized carbons (Fsp3) is 0.750. The Bertz CT molecular complexity index is 582. The van der Waals surface area contributed by atoms with Crippen molar-refractivity contribution in [2.75, 3.05) is 0 Å². The van der Waals surface area contributed by atoms with Crippen molar-refractivity contribution >= 4 is 0 Å². The molecule has 0 N–H and O–H groups in total. The predicted molar refractivity (Wildman–Crippen MR) is 107 cm³/mol. The second-order valence-corrected chi connectivity index (χ2v) is 8.97. The van der Waals surface area contributed by atoms with Gasteiger partial charge in [-0.15, -0.1) is 13.2 Å². The lowest BCUT2D eigenvalue weighted by Crippen LogP contribution is -2.26. The van der Waals surface area contributed by atoms with Gasteiger partial charge in [0.1, 0.15) is 5.75 Å². The number of rotatable bonds is 7. The average molecular weight is 397 g/mol. The van der Waals surface area contributed by atoms with Crippen LogP contribution in [0.3, 0.4) is 0 Å². The average Bonchev–Trinajstić information content (AvgIpc) is 2.68. The molecule has 2 fully saturated rings. The third-order valence-corrected chi connectivity index (χ3v) is 7.13. The monoisotopic (exact) mass is 396 g/mol. The van der Waals surface area contributed by atoms with Crippen molar-refractivity contribution in [3.63, 3.8) is 0 Å². The largest absolute Gasteiger partial charge is 0.573 e. The van der Waals surface area contributed by atoms with Gasteiger partial charge in [0.05, 0.1) is 0 Å². The highest BCUT2D eigenvalue weighted by atomic mass is 19.4. The maximum absolute atomic E-state index is 12.7. The van der Waals surface area contributed by atoms with E-state index in [1.807, 2.05) is 12.1 Å². The molecule has 1 aromatic rings. The fourth-order valence-corrected chi connectivity index (χ4v) is 5.57. The van der Waals surface area contributed by atoms with E-state index in [2.05, 4.69) is 11.7 Å². The first-order chi connectivity index (χ1) is 13.5. The van der Waals surface area contributed by atoms with Gasteiger partial charge in [0.25, 0.3) is 0 Å². The van der Waals surface area contributed by atoms with Gasteiger partial charge in [-0.2, -0.15) is 0 Å². The number of ether oxygens (including phenoxy) is 1. The summed E-state index contributed by atoms with van der Waals surface area (Å²) in [5.74, 6) is 2.73. The van der Waals surface area contributed by atoms with Gasteiger partial charge in [0, 0.05) is 0 Å². The summed E-state index contributed by atoms with van der Waals surface area (Å²) in [4.78, 5) is 0. The van der Waals surface area contributed by atoms with Gasteiger partial charge in [-0.1, -0.05) is 63.6 Å². The molecule has 2 aliphatic rings. The summed E-state index contributed by atoms with van der Waals surface area (Å²) >= 11 is 0. The Labute approximate surface area is 168 Å². The highest BCUT2D eigenvalue weighted by molar-refractivity contribution is 5.36. The van der Waals surface area contributed by atoms with Crippen LogP contribution in [0.15, 0.2) is 24.3 Å². The van der Waals surface area contributed by atoms with Crippen molar-refractivity contribution in [1.82, 2.24) is 0 Å². The first-order valence-corrected chi connectivity index (χ1v) is 11.3. The molecule has 0 bridgehead atoms. The molecule has 0 heterocycles. The normalized spacial score (nSPS) is 28.9. The molecule has 0 saturated heterocycles. The van der Waals surface area contributed by atoms with Crippen molar-refractivity contribution in [1.29, 1.82) is 0 Å². The molecular weight excluding hydrogens is 361 g/mol. The van der Waals surface area contributed by atoms with Crippen LogP contribution in [0.25, 0.3) is 0 Å². The SMILES string of the molecule is CCCCCC1CCC(C2CCC(c3ccccc3OC(F)(F)F)CC2)CC1. The molecule has 0 radical (unpaired) electrons. The number of hydrogen-bond acceptors (Lipinski definition) is 1. The maximum Gasteiger partial charge on any atom is 0.573 e. The first kappa shape index (κ1) is 21.5. The second-order valence-electron chi connectivity index (χ2n) is 8.97. The Morgan fingerprint density at radius 1 is 0.857 bits per heavy atom. The quantitative estimate of drug-likeness (QED) is 0.422. The summed E-state index contributed by atoms with van der Waals surface area (Å²) in [5, 5.41) is 0. The molecule has 0 spiro atoms. The summed E-state index contributed by atoms with van der Waals surface area (Å²) in [7, 11) is 0. The lowest BCUT2D eigenvalue weighted by Gasteiger charge is -2.38. The van der Waals surface area contributed by atoms with Crippen molar-refractivity contribution in [3.05, 3.63) is 29.8 Å². The molecular formula is C24H35F3O. The molecule has 28 heavy (non-hydrogen) atoms. The molecule has 0 atom stereocenters. The van der Waals surface area contributed by atoms with Crippen LogP contribution in [-0.2, 0) is 0 Å². The third-order valence-electron chi connectivity index (χ3n) is 7.13. The van der Waals surface area contributed by atoms with Crippen molar-refractivity contribution < 1.29 is 17.9 Å². The van der Waals surface area contributed by atoms with Crippen LogP contribution in [0.2, 0.25) is 0 Å². The molecule has 1 aromatic carbocycles. The Morgan fingerprint density at radius 3 is 2.07 bits per heavy atom. The molecule has 158 valence electrons. The van der Waals surface area contributed by atoms with Gasteiger partial charge in [-0.25, -0.2) is 0 Å². The van der Waals surface area contributed by atoms with E-state index >= 15 is 0 Å². The van der Waals surface area contributed by atoms with Crippen molar-refractivity contribution in [2.45, 2.75) is 96.3 Å². The van der Waals surface area contributed by atoms with E-state index in [0.29, 0.717) is 0 Å². The van der Waals surface area contributed by atoms with Gasteiger partial charge >= 0.3 is 6.36 Å². The van der Waals surface area contributed by atoms with Gasteiger partial charge in [0.2, 0.25) is 0 Å². The number of unbranched alkanes of at least 4 members (excludes halogenated alkanes) is 2. The van der Waals surface area contributed by atoms with E-state index in [4.69, 9.17) is 0 Å². The molecule has 3 rings (SSSR count). The van der Waals surface area contributed by atoms with E-state index in [1.165, 1.54) is 57.4 Å². The van der Waals surface area contributed by atoms with Gasteiger partial charge in [-0.05, 0) is 73.8 Å². The molecule has 4 heteroatoms. The molecule has 0 unspecified atom stereocenters. The Hall–Kier alpha value is -1.19. The summed E-state index contributed by atoms with van der Waals surface area (Å²) in [6, 6.07) is 6.71. The maximum atomic E-state index is 12.7. The molecule has 0 amide bonds. The lowest BCUT2D eigenvalue weighted by atomic mass is 9.68. The van der Waals surface area contributed by atoms with Gasteiger partial charge in [-0.3, -0.25) is 0 Å². The van der Waals surface area contributed by atoms with E-state index in [9.17, 15) is 13.2 Å². The standard InChI is InChI=1S/C24H35F3O/c1-2-3-4-7-18-10-12-19(13-11-18)20-14-16-21(17-15-20)22-8-5-6-9-23(22)28-24(25,26)27/h5-6,8-9,18-21H,2-4,7,10-17H2,1H3. The molecule has 0 aromatic heterocycles. The Balaban J connectivity index is 1.48. The summed E-state index contributed by atoms with van der Waals surface area (Å²) in [6.07, 6.45) is 10.6. The van der Waals surface area contributed by atoms with Crippen molar-refractivity contribution in [3.8, 4) is 5.75 Å². The number of benzene rings is 1. The zero-order chi connectivity index (χ0) is 20.0. The van der Waals surface area contributed by atoms with Crippen LogP contribution in [0.4, 0.5) is 13.2 Å². The minimum atomic E-state index is -4.62. The predicted octanol–water partition coefficient (Wildman–Crippen LogP) is 8.25. The zero-order valence-electron chi connectivity index (χ0n) is 17.1. The minimum Gasteiger partial charge on any atom is -0.405 e. The molecule has 1 nitrogen and oxygen atoms in total. The van der Waals surface area contributed by atoms with Gasteiger partial charge < -0.3 is 4.74 Å². The third kappa shape index (κ3) is 6.15. The van der Waals surface area contributed by atoms with Crippen LogP contribution in [0, 0.1) is 17.8 Å². The van der Waals surface area contributed by atoms with E-state index in [1.54, 1.807) is 6.07 Å². The van der Waals surface area contributed by atoms with E-state index in [0.717, 1.165) is 49.0 Å². The first-order valence-electron chi connectivity index (χ1n) is 11.3. The van der Waals surface area contributed by atoms with Crippen LogP contribution in [0.5, 0.6) is 5.75 Å². The van der Waals surface area contributed by atoms with Crippen molar-refractivity contribution in [2.24, 2.45) is 17.8 Å². The Kier molecular flexibility index (Phi) is 7.70. The highest BCUT2D eigenvalue weighted by Crippen LogP contribution is 2.46. The summed E-state index contributed by atoms with van der Waals surface area (Å²) in [6.45, 7) is 2.26. The molecule has 2 saturated carbocycles. The summed E-state index contributed by atoms with van der Waals surface area (Å²) < 4.78 is 42.4. The highest BCUT2D eigenvalue weighted by Gasteiger charge is 2.35. The molecule has 2 aliphatic carbocycles. The number of para-hydroxylation sites is 1. The van der Waals surface area contributed by atoms with Crippen LogP contribution in [0.1, 0.15) is 95.5 Å². The number of hydrogen-bond donors (Lipinski definition) is 0. The van der Waals surface area contributed by atoms with Crippen LogP contribution >= 0.6 is 0 Å². The van der Waals surface area contributed by atoms with Crippen LogP contribution < -0.4 is 4.74 Å². The lowest BCUT2D eigenvalue weighted by molar-refractivity contribution is -0.275. The van der Waals surface area contributed by atoms with E-state index < -0.39 is 6.36 Å². The minimum absolute atomic E-state index is 0.00830.